The van der Waals surface area contributed by atoms with Crippen molar-refractivity contribution >= 4 is 0 Å². The van der Waals surface area contributed by atoms with E-state index < -0.39 is 0 Å². The van der Waals surface area contributed by atoms with E-state index in [1.807, 2.05) is 0 Å². The molecule has 1 heterocycles. The van der Waals surface area contributed by atoms with Crippen molar-refractivity contribution in [2.45, 2.75) is 76.5 Å². The zero-order valence-electron chi connectivity index (χ0n) is 11.5. The second-order valence-electron chi connectivity index (χ2n) is 5.87. The molecule has 0 amide bonds. The minimum absolute atomic E-state index is 0.0458. The van der Waals surface area contributed by atoms with Gasteiger partial charge in [0.15, 0.2) is 0 Å². The van der Waals surface area contributed by atoms with Gasteiger partial charge in [-0.2, -0.15) is 5.26 Å². The van der Waals surface area contributed by atoms with Crippen LogP contribution in [0.1, 0.15) is 58.3 Å². The first-order chi connectivity index (χ1) is 8.77. The van der Waals surface area contributed by atoms with Gasteiger partial charge in [0.1, 0.15) is 0 Å². The molecule has 0 spiro atoms. The summed E-state index contributed by atoms with van der Waals surface area (Å²) in [5, 5.41) is 19.6. The molecule has 0 aromatic carbocycles. The molecule has 1 aliphatic heterocycles. The molecular weight excluding hydrogens is 224 g/mol. The second-order valence-corrected chi connectivity index (χ2v) is 5.87. The molecule has 0 aromatic heterocycles. The average Bonchev–Trinajstić information content (AvgIpc) is 2.41. The normalized spacial score (nSPS) is 35.9. The molecule has 2 fully saturated rings. The Morgan fingerprint density at radius 1 is 1.22 bits per heavy atom. The molecule has 1 saturated heterocycles. The predicted molar refractivity (Wildman–Crippen MR) is 72.0 cm³/mol. The molecular formula is C15H26N2O. The molecule has 4 atom stereocenters. The maximum atomic E-state index is 10.3. The molecule has 3 heteroatoms. The largest absolute Gasteiger partial charge is 0.393 e. The first-order valence-corrected chi connectivity index (χ1v) is 7.61. The topological polar surface area (TPSA) is 47.3 Å². The van der Waals surface area contributed by atoms with Crippen molar-refractivity contribution in [3.8, 4) is 6.07 Å². The lowest BCUT2D eigenvalue weighted by atomic mass is 9.77. The number of aliphatic hydroxyl groups is 1. The highest BCUT2D eigenvalue weighted by Gasteiger charge is 2.37. The van der Waals surface area contributed by atoms with E-state index in [9.17, 15) is 10.4 Å². The Hall–Kier alpha value is -0.590. The van der Waals surface area contributed by atoms with E-state index in [2.05, 4.69) is 17.9 Å². The Morgan fingerprint density at radius 2 is 1.94 bits per heavy atom. The van der Waals surface area contributed by atoms with Crippen LogP contribution in [0, 0.1) is 17.2 Å². The molecule has 2 aliphatic rings. The van der Waals surface area contributed by atoms with Crippen molar-refractivity contribution in [3.63, 3.8) is 0 Å². The molecule has 4 unspecified atom stereocenters. The summed E-state index contributed by atoms with van der Waals surface area (Å²) in [6, 6.07) is 2.94. The maximum Gasteiger partial charge on any atom is 0.0977 e. The van der Waals surface area contributed by atoms with Gasteiger partial charge in [-0.25, -0.2) is 0 Å². The molecule has 0 radical (unpaired) electrons. The maximum absolute atomic E-state index is 10.3. The second kappa shape index (κ2) is 6.54. The highest BCUT2D eigenvalue weighted by molar-refractivity contribution is 4.98. The predicted octanol–water partition coefficient (Wildman–Crippen LogP) is 2.69. The van der Waals surface area contributed by atoms with E-state index in [0.29, 0.717) is 12.0 Å². The minimum atomic E-state index is -0.138. The van der Waals surface area contributed by atoms with E-state index in [1.54, 1.807) is 0 Å². The third kappa shape index (κ3) is 2.87. The number of piperidine rings is 1. The number of aliphatic hydroxyl groups excluding tert-OH is 1. The van der Waals surface area contributed by atoms with Crippen molar-refractivity contribution in [2.75, 3.05) is 6.54 Å². The Balaban J connectivity index is 2.09. The van der Waals surface area contributed by atoms with E-state index in [1.165, 1.54) is 32.1 Å². The third-order valence-electron chi connectivity index (χ3n) is 4.80. The fraction of sp³-hybridized carbons (Fsp3) is 0.933. The zero-order chi connectivity index (χ0) is 13.0. The Kier molecular flexibility index (Phi) is 5.03. The van der Waals surface area contributed by atoms with Crippen LogP contribution in [0.2, 0.25) is 0 Å². The number of nitrogens with zero attached hydrogens (tertiary/aromatic N) is 2. The van der Waals surface area contributed by atoms with Gasteiger partial charge in [0, 0.05) is 12.0 Å². The number of hydrogen-bond donors (Lipinski definition) is 1. The van der Waals surface area contributed by atoms with Crippen LogP contribution in [0.4, 0.5) is 0 Å². The smallest absolute Gasteiger partial charge is 0.0977 e. The summed E-state index contributed by atoms with van der Waals surface area (Å²) in [5.74, 6) is 0.404. The molecule has 1 saturated carbocycles. The highest BCUT2D eigenvalue weighted by atomic mass is 16.3. The van der Waals surface area contributed by atoms with Crippen LogP contribution in [-0.4, -0.2) is 34.7 Å². The molecule has 0 bridgehead atoms. The van der Waals surface area contributed by atoms with E-state index in [4.69, 9.17) is 0 Å². The lowest BCUT2D eigenvalue weighted by Crippen LogP contribution is -2.52. The highest BCUT2D eigenvalue weighted by Crippen LogP contribution is 2.35. The van der Waals surface area contributed by atoms with Crippen molar-refractivity contribution in [1.82, 2.24) is 4.90 Å². The van der Waals surface area contributed by atoms with E-state index in [-0.39, 0.29) is 12.1 Å². The zero-order valence-corrected chi connectivity index (χ0v) is 11.5. The standard InChI is InChI=1S/C15H26N2O/c1-2-12(11-16)17-10-6-5-8-14(17)13-7-3-4-9-15(13)18/h12-15,18H,2-10H2,1H3. The third-order valence-corrected chi connectivity index (χ3v) is 4.80. The lowest BCUT2D eigenvalue weighted by Gasteiger charge is -2.45. The molecule has 0 aromatic rings. The number of hydrogen-bond acceptors (Lipinski definition) is 3. The summed E-state index contributed by atoms with van der Waals surface area (Å²) in [4.78, 5) is 2.39. The van der Waals surface area contributed by atoms with Gasteiger partial charge >= 0.3 is 0 Å². The van der Waals surface area contributed by atoms with Crippen molar-refractivity contribution < 1.29 is 5.11 Å². The van der Waals surface area contributed by atoms with Gasteiger partial charge in [0.2, 0.25) is 0 Å². The first kappa shape index (κ1) is 13.8. The Labute approximate surface area is 111 Å². The monoisotopic (exact) mass is 250 g/mol. The quantitative estimate of drug-likeness (QED) is 0.837. The number of rotatable bonds is 3. The molecule has 1 aliphatic carbocycles. The van der Waals surface area contributed by atoms with Gasteiger partial charge in [-0.05, 0) is 38.6 Å². The Morgan fingerprint density at radius 3 is 2.61 bits per heavy atom. The molecule has 1 N–H and O–H groups in total. The minimum Gasteiger partial charge on any atom is -0.393 e. The summed E-state index contributed by atoms with van der Waals surface area (Å²) in [6.45, 7) is 3.14. The summed E-state index contributed by atoms with van der Waals surface area (Å²) in [6.07, 6.45) is 8.90. The summed E-state index contributed by atoms with van der Waals surface area (Å²) >= 11 is 0. The molecule has 3 nitrogen and oxygen atoms in total. The van der Waals surface area contributed by atoms with Gasteiger partial charge in [0.05, 0.1) is 18.2 Å². The average molecular weight is 250 g/mol. The molecule has 102 valence electrons. The SMILES string of the molecule is CCC(C#N)N1CCCCC1C1CCCCC1O. The van der Waals surface area contributed by atoms with E-state index in [0.717, 1.165) is 25.8 Å². The van der Waals surface area contributed by atoms with Crippen LogP contribution in [0.25, 0.3) is 0 Å². The van der Waals surface area contributed by atoms with Crippen molar-refractivity contribution in [3.05, 3.63) is 0 Å². The van der Waals surface area contributed by atoms with Gasteiger partial charge < -0.3 is 5.11 Å². The van der Waals surface area contributed by atoms with Gasteiger partial charge in [0.25, 0.3) is 0 Å². The van der Waals surface area contributed by atoms with Gasteiger partial charge in [-0.15, -0.1) is 0 Å². The van der Waals surface area contributed by atoms with Crippen molar-refractivity contribution in [2.24, 2.45) is 5.92 Å². The van der Waals surface area contributed by atoms with Crippen LogP contribution in [0.5, 0.6) is 0 Å². The number of nitriles is 1. The van der Waals surface area contributed by atoms with Crippen LogP contribution < -0.4 is 0 Å². The van der Waals surface area contributed by atoms with Gasteiger partial charge in [-0.1, -0.05) is 26.2 Å². The van der Waals surface area contributed by atoms with Crippen molar-refractivity contribution in [1.29, 1.82) is 5.26 Å². The van der Waals surface area contributed by atoms with Crippen LogP contribution in [0.3, 0.4) is 0 Å². The summed E-state index contributed by atoms with van der Waals surface area (Å²) in [7, 11) is 0. The van der Waals surface area contributed by atoms with E-state index >= 15 is 0 Å². The lowest BCUT2D eigenvalue weighted by molar-refractivity contribution is -0.0145. The number of likely N-dealkylation sites (tertiary alicyclic amines) is 1. The van der Waals surface area contributed by atoms with Crippen LogP contribution in [-0.2, 0) is 0 Å². The fourth-order valence-electron chi connectivity index (χ4n) is 3.82. The van der Waals surface area contributed by atoms with Gasteiger partial charge in [-0.3, -0.25) is 4.90 Å². The molecule has 2 rings (SSSR count). The summed E-state index contributed by atoms with van der Waals surface area (Å²) in [5.41, 5.74) is 0. The fourth-order valence-corrected chi connectivity index (χ4v) is 3.82. The van der Waals surface area contributed by atoms with Crippen LogP contribution in [0.15, 0.2) is 0 Å². The summed E-state index contributed by atoms with van der Waals surface area (Å²) < 4.78 is 0. The first-order valence-electron chi connectivity index (χ1n) is 7.61. The Bertz CT molecular complexity index is 299. The van der Waals surface area contributed by atoms with Crippen LogP contribution >= 0.6 is 0 Å². The molecule has 18 heavy (non-hydrogen) atoms.